The third kappa shape index (κ3) is 3.63. The molecule has 142 valence electrons. The van der Waals surface area contributed by atoms with Crippen LogP contribution >= 0.6 is 0 Å². The van der Waals surface area contributed by atoms with Crippen LogP contribution in [0.4, 0.5) is 0 Å². The summed E-state index contributed by atoms with van der Waals surface area (Å²) in [7, 11) is -1.58. The molecule has 1 aliphatic rings. The van der Waals surface area contributed by atoms with Gasteiger partial charge in [-0.15, -0.1) is 0 Å². The monoisotopic (exact) mass is 384 g/mol. The van der Waals surface area contributed by atoms with Crippen LogP contribution in [0.2, 0.25) is 0 Å². The Morgan fingerprint density at radius 3 is 2.59 bits per heavy atom. The minimum absolute atomic E-state index is 0.272. The van der Waals surface area contributed by atoms with Crippen LogP contribution in [-0.2, 0) is 16.6 Å². The lowest BCUT2D eigenvalue weighted by atomic mass is 10.1. The maximum Gasteiger partial charge on any atom is 0.269 e. The second-order valence-corrected chi connectivity index (χ2v) is 8.88. The highest BCUT2D eigenvalue weighted by atomic mass is 32.2. The summed E-state index contributed by atoms with van der Waals surface area (Å²) in [6.45, 7) is 2.62. The minimum Gasteiger partial charge on any atom is -0.308 e. The summed E-state index contributed by atoms with van der Waals surface area (Å²) < 4.78 is 28.0. The maximum atomic E-state index is 13.3. The SMILES string of the molecule is CN1CCC(NCc2cc3cccnc3n2S(=O)(=O)c2ccccc2)CC1. The van der Waals surface area contributed by atoms with Gasteiger partial charge in [0.05, 0.1) is 10.6 Å². The first-order chi connectivity index (χ1) is 13.1. The van der Waals surface area contributed by atoms with Gasteiger partial charge in [0.15, 0.2) is 5.65 Å². The summed E-state index contributed by atoms with van der Waals surface area (Å²) in [4.78, 5) is 6.94. The first kappa shape index (κ1) is 18.2. The zero-order valence-electron chi connectivity index (χ0n) is 15.4. The lowest BCUT2D eigenvalue weighted by molar-refractivity contribution is 0.233. The summed E-state index contributed by atoms with van der Waals surface area (Å²) in [5.41, 5.74) is 1.19. The number of benzene rings is 1. The molecule has 27 heavy (non-hydrogen) atoms. The molecule has 0 amide bonds. The Morgan fingerprint density at radius 2 is 1.85 bits per heavy atom. The lowest BCUT2D eigenvalue weighted by Gasteiger charge is -2.29. The Labute approximate surface area is 159 Å². The van der Waals surface area contributed by atoms with E-state index in [1.165, 1.54) is 3.97 Å². The van der Waals surface area contributed by atoms with Gasteiger partial charge in [-0.05, 0) is 63.3 Å². The van der Waals surface area contributed by atoms with Crippen molar-refractivity contribution in [3.8, 4) is 0 Å². The molecule has 1 N–H and O–H groups in total. The average Bonchev–Trinajstić information content (AvgIpc) is 3.07. The van der Waals surface area contributed by atoms with Gasteiger partial charge in [-0.1, -0.05) is 18.2 Å². The summed E-state index contributed by atoms with van der Waals surface area (Å²) in [5.74, 6) is 0. The highest BCUT2D eigenvalue weighted by Gasteiger charge is 2.24. The number of nitrogens with one attached hydrogen (secondary N) is 1. The molecular formula is C20H24N4O2S. The topological polar surface area (TPSA) is 67.2 Å². The van der Waals surface area contributed by atoms with Crippen LogP contribution in [0, 0.1) is 0 Å². The summed E-state index contributed by atoms with van der Waals surface area (Å²) >= 11 is 0. The molecule has 6 nitrogen and oxygen atoms in total. The second-order valence-electron chi connectivity index (χ2n) is 7.09. The number of hydrogen-bond donors (Lipinski definition) is 1. The Morgan fingerprint density at radius 1 is 1.11 bits per heavy atom. The van der Waals surface area contributed by atoms with E-state index in [-0.39, 0.29) is 4.90 Å². The fraction of sp³-hybridized carbons (Fsp3) is 0.350. The Balaban J connectivity index is 1.70. The molecule has 1 fully saturated rings. The molecule has 7 heteroatoms. The number of likely N-dealkylation sites (tertiary alicyclic amines) is 1. The number of nitrogens with zero attached hydrogens (tertiary/aromatic N) is 3. The third-order valence-corrected chi connectivity index (χ3v) is 6.92. The van der Waals surface area contributed by atoms with E-state index in [1.807, 2.05) is 24.3 Å². The van der Waals surface area contributed by atoms with Gasteiger partial charge in [-0.2, -0.15) is 0 Å². The molecule has 0 unspecified atom stereocenters. The third-order valence-electron chi connectivity index (χ3n) is 5.16. The van der Waals surface area contributed by atoms with Gasteiger partial charge in [0.2, 0.25) is 0 Å². The van der Waals surface area contributed by atoms with Gasteiger partial charge in [0.25, 0.3) is 10.0 Å². The van der Waals surface area contributed by atoms with Gasteiger partial charge < -0.3 is 10.2 Å². The molecule has 0 bridgehead atoms. The quantitative estimate of drug-likeness (QED) is 0.732. The van der Waals surface area contributed by atoms with E-state index in [4.69, 9.17) is 0 Å². The van der Waals surface area contributed by atoms with E-state index in [0.29, 0.717) is 23.9 Å². The Bertz CT molecular complexity index is 1020. The summed E-state index contributed by atoms with van der Waals surface area (Å²) in [6, 6.07) is 14.6. The normalized spacial score (nSPS) is 16.8. The van der Waals surface area contributed by atoms with Crippen molar-refractivity contribution in [2.24, 2.45) is 0 Å². The summed E-state index contributed by atoms with van der Waals surface area (Å²) in [6.07, 6.45) is 3.77. The second kappa shape index (κ2) is 7.42. The van der Waals surface area contributed by atoms with E-state index in [9.17, 15) is 8.42 Å². The van der Waals surface area contributed by atoms with Crippen molar-refractivity contribution in [1.82, 2.24) is 19.2 Å². The molecule has 0 aliphatic carbocycles. The van der Waals surface area contributed by atoms with Crippen molar-refractivity contribution in [2.75, 3.05) is 20.1 Å². The minimum atomic E-state index is -3.71. The molecule has 0 atom stereocenters. The number of rotatable bonds is 5. The van der Waals surface area contributed by atoms with Crippen molar-refractivity contribution in [2.45, 2.75) is 30.3 Å². The molecule has 1 aromatic carbocycles. The Kier molecular flexibility index (Phi) is 4.99. The molecule has 1 saturated heterocycles. The van der Waals surface area contributed by atoms with Crippen LogP contribution in [-0.4, -0.2) is 48.5 Å². The van der Waals surface area contributed by atoms with Crippen LogP contribution in [0.3, 0.4) is 0 Å². The molecule has 0 radical (unpaired) electrons. The average molecular weight is 385 g/mol. The van der Waals surface area contributed by atoms with Crippen LogP contribution in [0.1, 0.15) is 18.5 Å². The van der Waals surface area contributed by atoms with Crippen LogP contribution < -0.4 is 5.32 Å². The van der Waals surface area contributed by atoms with Crippen molar-refractivity contribution >= 4 is 21.1 Å². The Hall–Kier alpha value is -2.22. The fourth-order valence-electron chi connectivity index (χ4n) is 3.62. The largest absolute Gasteiger partial charge is 0.308 e. The van der Waals surface area contributed by atoms with Crippen molar-refractivity contribution in [3.63, 3.8) is 0 Å². The summed E-state index contributed by atoms with van der Waals surface area (Å²) in [5, 5.41) is 4.37. The van der Waals surface area contributed by atoms with Crippen molar-refractivity contribution in [1.29, 1.82) is 0 Å². The van der Waals surface area contributed by atoms with Crippen LogP contribution in [0.15, 0.2) is 59.6 Å². The van der Waals surface area contributed by atoms with E-state index in [1.54, 1.807) is 30.5 Å². The zero-order chi connectivity index (χ0) is 18.9. The number of hydrogen-bond acceptors (Lipinski definition) is 5. The highest BCUT2D eigenvalue weighted by molar-refractivity contribution is 7.90. The molecule has 0 spiro atoms. The first-order valence-electron chi connectivity index (χ1n) is 9.23. The molecular weight excluding hydrogens is 360 g/mol. The van der Waals surface area contributed by atoms with Gasteiger partial charge in [-0.3, -0.25) is 0 Å². The number of fused-ring (bicyclic) bond motifs is 1. The predicted molar refractivity (Wildman–Crippen MR) is 106 cm³/mol. The van der Waals surface area contributed by atoms with Gasteiger partial charge in [0.1, 0.15) is 0 Å². The highest BCUT2D eigenvalue weighted by Crippen LogP contribution is 2.24. The van der Waals surface area contributed by atoms with Gasteiger partial charge >= 0.3 is 0 Å². The van der Waals surface area contributed by atoms with Gasteiger partial charge in [0, 0.05) is 24.2 Å². The molecule has 0 saturated carbocycles. The first-order valence-corrected chi connectivity index (χ1v) is 10.7. The maximum absolute atomic E-state index is 13.3. The molecule has 1 aliphatic heterocycles. The smallest absolute Gasteiger partial charge is 0.269 e. The predicted octanol–water partition coefficient (Wildman–Crippen LogP) is 2.46. The molecule has 2 aromatic heterocycles. The van der Waals surface area contributed by atoms with Crippen LogP contribution in [0.25, 0.3) is 11.0 Å². The van der Waals surface area contributed by atoms with Crippen molar-refractivity contribution in [3.05, 3.63) is 60.4 Å². The zero-order valence-corrected chi connectivity index (χ0v) is 16.2. The van der Waals surface area contributed by atoms with E-state index in [0.717, 1.165) is 31.3 Å². The van der Waals surface area contributed by atoms with E-state index >= 15 is 0 Å². The van der Waals surface area contributed by atoms with Crippen LogP contribution in [0.5, 0.6) is 0 Å². The standard InChI is InChI=1S/C20H24N4O2S/c1-23-12-9-17(10-13-23)22-15-18-14-16-6-5-11-21-20(16)24(18)27(25,26)19-7-3-2-4-8-19/h2-8,11,14,17,22H,9-10,12-13,15H2,1H3. The lowest BCUT2D eigenvalue weighted by Crippen LogP contribution is -2.40. The number of piperidine rings is 1. The molecule has 4 rings (SSSR count). The number of aromatic nitrogens is 2. The fourth-order valence-corrected chi connectivity index (χ4v) is 5.13. The van der Waals surface area contributed by atoms with E-state index < -0.39 is 10.0 Å². The van der Waals surface area contributed by atoms with Gasteiger partial charge in [-0.25, -0.2) is 17.4 Å². The van der Waals surface area contributed by atoms with Crippen molar-refractivity contribution < 1.29 is 8.42 Å². The molecule has 3 aromatic rings. The molecule has 3 heterocycles. The number of pyridine rings is 1. The van der Waals surface area contributed by atoms with E-state index in [2.05, 4.69) is 22.2 Å².